The van der Waals surface area contributed by atoms with Crippen molar-refractivity contribution in [1.82, 2.24) is 20.0 Å². The molecule has 0 saturated heterocycles. The van der Waals surface area contributed by atoms with Gasteiger partial charge in [0.2, 0.25) is 0 Å². The van der Waals surface area contributed by atoms with Gasteiger partial charge in [-0.05, 0) is 75.4 Å². The number of aldehydes is 1. The summed E-state index contributed by atoms with van der Waals surface area (Å²) in [6.07, 6.45) is 4.53. The summed E-state index contributed by atoms with van der Waals surface area (Å²) in [5.74, 6) is 0.0968. The van der Waals surface area contributed by atoms with Crippen LogP contribution in [-0.4, -0.2) is 78.9 Å². The minimum atomic E-state index is -0.753. The molecule has 3 aromatic rings. The van der Waals surface area contributed by atoms with Crippen molar-refractivity contribution in [3.8, 4) is 0 Å². The van der Waals surface area contributed by atoms with Crippen LogP contribution in [0.25, 0.3) is 10.7 Å². The predicted molar refractivity (Wildman–Crippen MR) is 157 cm³/mol. The third-order valence-electron chi connectivity index (χ3n) is 6.32. The monoisotopic (exact) mass is 642 g/mol. The molecular weight excluding hydrogens is 606 g/mol. The van der Waals surface area contributed by atoms with Crippen molar-refractivity contribution in [3.05, 3.63) is 69.9 Å². The maximum Gasteiger partial charge on any atom is 1.00 e. The number of benzene rings is 1. The van der Waals surface area contributed by atoms with Crippen LogP contribution in [0, 0.1) is 13.8 Å². The summed E-state index contributed by atoms with van der Waals surface area (Å²) in [5, 5.41) is 10.9. The van der Waals surface area contributed by atoms with E-state index in [1.54, 1.807) is 40.1 Å². The van der Waals surface area contributed by atoms with Crippen molar-refractivity contribution in [2.24, 2.45) is 10.7 Å². The van der Waals surface area contributed by atoms with Crippen LogP contribution < -0.4 is 92.0 Å². The number of nitrogens with two attached hydrogens (primary N) is 1. The minimum Gasteiger partial charge on any atom is -0.619 e. The van der Waals surface area contributed by atoms with Crippen LogP contribution in [0.5, 0.6) is 0 Å². The van der Waals surface area contributed by atoms with Crippen molar-refractivity contribution < 1.29 is 109 Å². The molecule has 1 unspecified atom stereocenters. The van der Waals surface area contributed by atoms with Gasteiger partial charge in [0.25, 0.3) is 5.91 Å². The number of methoxy groups -OCH3 is 1. The van der Waals surface area contributed by atoms with Gasteiger partial charge in [-0.1, -0.05) is 12.1 Å². The third kappa shape index (κ3) is 10.8. The molecular formula is C28H36KN8NaO6. The van der Waals surface area contributed by atoms with Crippen LogP contribution in [0.15, 0.2) is 46.2 Å². The number of nitrogens with zero attached hydrogens (tertiary/aromatic N) is 6. The number of amidine groups is 1. The van der Waals surface area contributed by atoms with E-state index in [4.69, 9.17) is 19.7 Å². The van der Waals surface area contributed by atoms with Gasteiger partial charge in [0.05, 0.1) is 29.2 Å². The number of nitrogens with one attached hydrogen (secondary N) is 1. The van der Waals surface area contributed by atoms with E-state index in [-0.39, 0.29) is 111 Å². The molecule has 1 aliphatic carbocycles. The van der Waals surface area contributed by atoms with Crippen LogP contribution in [0.1, 0.15) is 46.9 Å². The van der Waals surface area contributed by atoms with Crippen molar-refractivity contribution in [3.63, 3.8) is 0 Å². The van der Waals surface area contributed by atoms with Gasteiger partial charge in [-0.25, -0.2) is 14.7 Å². The average Bonchev–Trinajstić information content (AvgIpc) is 3.56. The molecule has 0 aliphatic heterocycles. The van der Waals surface area contributed by atoms with E-state index in [0.29, 0.717) is 28.5 Å². The summed E-state index contributed by atoms with van der Waals surface area (Å²) in [4.78, 5) is 41.3. The second kappa shape index (κ2) is 19.5. The molecule has 4 rings (SSSR count). The number of aliphatic imine (C=N–C) groups is 1. The number of imide groups is 1. The summed E-state index contributed by atoms with van der Waals surface area (Å²) >= 11 is 0. The minimum absolute atomic E-state index is 0. The Morgan fingerprint density at radius 1 is 1.32 bits per heavy atom. The molecule has 0 bridgehead atoms. The van der Waals surface area contributed by atoms with Gasteiger partial charge in [-0.3, -0.25) is 9.95 Å². The molecule has 1 atom stereocenters. The average molecular weight is 643 g/mol. The molecule has 0 spiro atoms. The Morgan fingerprint density at radius 3 is 2.55 bits per heavy atom. The number of carbonyl (C=O) groups is 3. The van der Waals surface area contributed by atoms with Crippen molar-refractivity contribution in [2.45, 2.75) is 45.7 Å². The van der Waals surface area contributed by atoms with Gasteiger partial charge < -0.3 is 45.3 Å². The second-order valence-corrected chi connectivity index (χ2v) is 9.43. The Balaban J connectivity index is 0.00000110. The van der Waals surface area contributed by atoms with Crippen LogP contribution in [0.3, 0.4) is 0 Å². The topological polar surface area (TPSA) is 182 Å². The molecule has 1 fully saturated rings. The molecule has 3 N–H and O–H groups in total. The Labute approximate surface area is 321 Å². The number of carbonyl (C=O) groups excluding carboxylic acids is 3. The zero-order chi connectivity index (χ0) is 30.8. The van der Waals surface area contributed by atoms with E-state index in [0.717, 1.165) is 29.6 Å². The van der Waals surface area contributed by atoms with Crippen molar-refractivity contribution in [2.75, 3.05) is 28.0 Å². The SMILES string of the molecule is CNC(C)C=O.C[N-]n1cc(C(=O)N(C(=O)OCOC)C2CC2)c(C)c1C(N)=Nc1cc([N-]c2ccon2)ccc1C.[K+].[Na+]. The molecule has 1 saturated carbocycles. The van der Waals surface area contributed by atoms with Gasteiger partial charge >= 0.3 is 87.0 Å². The third-order valence-corrected chi connectivity index (χ3v) is 6.32. The van der Waals surface area contributed by atoms with Crippen LogP contribution in [-0.2, 0) is 14.3 Å². The van der Waals surface area contributed by atoms with Gasteiger partial charge in [-0.2, -0.15) is 0 Å². The number of hydrogen-bond donors (Lipinski definition) is 2. The number of likely N-dealkylation sites (N-methyl/N-ethyl adjacent to an activating group) is 1. The standard InChI is InChI=1S/C24H27N7O5.C4H9NO.K.Na/c1-14-5-6-16(27-20-9-10-36-29-20)11-19(14)28-22(25)21-15(2)18(12-30(21)26-3)23(32)31(17-7-8-17)24(33)35-13-34-4;1-4(3-6)5-2;;/h5-6,9-12,17H,7-8,13H2,1-4H3,(H2-,25,27,28,29);3-5H,1-2H3;;/q-2;;2*+1. The molecule has 1 aromatic carbocycles. The molecule has 16 heteroatoms. The molecule has 2 amide bonds. The Morgan fingerprint density at radius 2 is 2.02 bits per heavy atom. The maximum atomic E-state index is 13.4. The normalized spacial score (nSPS) is 12.8. The first-order valence-corrected chi connectivity index (χ1v) is 13.2. The predicted octanol–water partition coefficient (Wildman–Crippen LogP) is -1.62. The first-order chi connectivity index (χ1) is 20.1. The van der Waals surface area contributed by atoms with E-state index >= 15 is 0 Å². The molecule has 1 aliphatic rings. The first kappa shape index (κ1) is 40.0. The summed E-state index contributed by atoms with van der Waals surface area (Å²) < 4.78 is 16.1. The van der Waals surface area contributed by atoms with Gasteiger partial charge in [0.15, 0.2) is 6.79 Å². The Hall–Kier alpha value is -2.05. The van der Waals surface area contributed by atoms with Gasteiger partial charge in [0, 0.05) is 19.3 Å². The number of hydrogen-bond acceptors (Lipinski definition) is 9. The Bertz CT molecular complexity index is 1410. The zero-order valence-corrected chi connectivity index (χ0v) is 31.7. The fourth-order valence-corrected chi connectivity index (χ4v) is 3.74. The fourth-order valence-electron chi connectivity index (χ4n) is 3.74. The molecule has 0 radical (unpaired) electrons. The summed E-state index contributed by atoms with van der Waals surface area (Å²) in [6.45, 7) is 5.19. The van der Waals surface area contributed by atoms with Crippen molar-refractivity contribution >= 4 is 41.3 Å². The largest absolute Gasteiger partial charge is 1.00 e. The number of ether oxygens (including phenoxy) is 2. The van der Waals surface area contributed by atoms with E-state index in [1.807, 2.05) is 19.1 Å². The van der Waals surface area contributed by atoms with Crippen LogP contribution in [0.4, 0.5) is 22.0 Å². The maximum absolute atomic E-state index is 13.4. The second-order valence-electron chi connectivity index (χ2n) is 9.43. The number of aryl methyl sites for hydroxylation is 1. The number of rotatable bonds is 11. The summed E-state index contributed by atoms with van der Waals surface area (Å²) in [7, 11) is 4.72. The van der Waals surface area contributed by atoms with Gasteiger partial charge in [-0.15, -0.1) is 7.05 Å². The summed E-state index contributed by atoms with van der Waals surface area (Å²) in [6, 6.07) is 6.91. The Kier molecular flexibility index (Phi) is 17.7. The van der Waals surface area contributed by atoms with Crippen molar-refractivity contribution in [1.29, 1.82) is 0 Å². The number of amides is 2. The van der Waals surface area contributed by atoms with E-state index < -0.39 is 12.0 Å². The van der Waals surface area contributed by atoms with Gasteiger partial charge in [0.1, 0.15) is 12.1 Å². The molecule has 2 heterocycles. The smallest absolute Gasteiger partial charge is 0.619 e. The molecule has 14 nitrogen and oxygen atoms in total. The van der Waals surface area contributed by atoms with E-state index in [2.05, 4.69) is 26.2 Å². The quantitative estimate of drug-likeness (QED) is 0.0817. The molecule has 44 heavy (non-hydrogen) atoms. The van der Waals surface area contributed by atoms with Crippen LogP contribution >= 0.6 is 0 Å². The van der Waals surface area contributed by atoms with E-state index in [9.17, 15) is 14.4 Å². The molecule has 2 aromatic heterocycles. The fraction of sp³-hybridized carbons (Fsp3) is 0.393. The number of aromatic nitrogens is 2. The zero-order valence-electron chi connectivity index (χ0n) is 26.5. The first-order valence-electron chi connectivity index (χ1n) is 13.2. The summed E-state index contributed by atoms with van der Waals surface area (Å²) in [5.41, 5.74) is 14.0. The van der Waals surface area contributed by atoms with E-state index in [1.165, 1.54) is 24.2 Å². The molecule has 226 valence electrons. The van der Waals surface area contributed by atoms with Crippen LogP contribution in [0.2, 0.25) is 0 Å².